The fourth-order valence-electron chi connectivity index (χ4n) is 2.43. The van der Waals surface area contributed by atoms with E-state index < -0.39 is 5.91 Å². The molecule has 0 heterocycles. The minimum Gasteiger partial charge on any atom is -0.466 e. The third kappa shape index (κ3) is 17.0. The topological polar surface area (TPSA) is 69.4 Å². The second kappa shape index (κ2) is 16.3. The Morgan fingerprint density at radius 3 is 1.64 bits per heavy atom. The normalized spacial score (nSPS) is 10.6. The maximum atomic E-state index is 11.2. The molecule has 0 radical (unpaired) electrons. The Bertz CT molecular complexity index is 280. The van der Waals surface area contributed by atoms with Crippen LogP contribution >= 0.6 is 0 Å². The number of nitrogens with two attached hydrogens (primary N) is 1. The van der Waals surface area contributed by atoms with E-state index in [1.54, 1.807) is 0 Å². The van der Waals surface area contributed by atoms with Crippen molar-refractivity contribution < 1.29 is 14.3 Å². The van der Waals surface area contributed by atoms with Crippen molar-refractivity contribution in [1.29, 1.82) is 0 Å². The van der Waals surface area contributed by atoms with E-state index in [9.17, 15) is 9.59 Å². The zero-order chi connectivity index (χ0) is 16.5. The molecule has 0 spiro atoms. The van der Waals surface area contributed by atoms with Gasteiger partial charge in [-0.1, -0.05) is 77.6 Å². The first-order valence-electron chi connectivity index (χ1n) is 9.10. The number of hydrogen-bond donors (Lipinski definition) is 1. The van der Waals surface area contributed by atoms with Crippen LogP contribution < -0.4 is 5.73 Å². The van der Waals surface area contributed by atoms with Crippen LogP contribution in [0.5, 0.6) is 0 Å². The number of carbonyl (C=O) groups is 2. The molecule has 0 aromatic rings. The Morgan fingerprint density at radius 2 is 1.18 bits per heavy atom. The zero-order valence-corrected chi connectivity index (χ0v) is 14.4. The van der Waals surface area contributed by atoms with E-state index in [0.29, 0.717) is 6.61 Å². The number of hydrogen-bond acceptors (Lipinski definition) is 3. The second-order valence-electron chi connectivity index (χ2n) is 6.08. The van der Waals surface area contributed by atoms with E-state index in [-0.39, 0.29) is 18.8 Å². The first kappa shape index (κ1) is 20.9. The summed E-state index contributed by atoms with van der Waals surface area (Å²) in [6.45, 7) is 2.72. The molecule has 0 aliphatic heterocycles. The number of carbonyl (C=O) groups excluding carboxylic acids is 2. The third-order valence-electron chi connectivity index (χ3n) is 3.84. The van der Waals surface area contributed by atoms with Crippen LogP contribution in [0.2, 0.25) is 0 Å². The molecule has 0 aromatic heterocycles. The molecule has 130 valence electrons. The molecular weight excluding hydrogens is 278 g/mol. The molecule has 0 unspecified atom stereocenters. The average Bonchev–Trinajstić information content (AvgIpc) is 2.49. The number of rotatable bonds is 16. The van der Waals surface area contributed by atoms with Crippen molar-refractivity contribution in [2.45, 2.75) is 96.8 Å². The lowest BCUT2D eigenvalue weighted by atomic mass is 10.1. The molecule has 0 aromatic carbocycles. The Labute approximate surface area is 136 Å². The SMILES string of the molecule is CCCCCCCCCCCCCCOC(=O)CCC(N)=O. The van der Waals surface area contributed by atoms with E-state index in [2.05, 4.69) is 6.92 Å². The molecule has 0 atom stereocenters. The smallest absolute Gasteiger partial charge is 0.306 e. The molecule has 0 aliphatic rings. The summed E-state index contributed by atoms with van der Waals surface area (Å²) in [5, 5.41) is 0. The van der Waals surface area contributed by atoms with Crippen molar-refractivity contribution in [3.05, 3.63) is 0 Å². The van der Waals surface area contributed by atoms with Crippen molar-refractivity contribution in [3.8, 4) is 0 Å². The van der Waals surface area contributed by atoms with Gasteiger partial charge in [-0.3, -0.25) is 9.59 Å². The van der Waals surface area contributed by atoms with Gasteiger partial charge in [0.15, 0.2) is 0 Å². The van der Waals surface area contributed by atoms with Gasteiger partial charge >= 0.3 is 5.97 Å². The number of ether oxygens (including phenoxy) is 1. The molecule has 22 heavy (non-hydrogen) atoms. The Kier molecular flexibility index (Phi) is 15.5. The van der Waals surface area contributed by atoms with E-state index >= 15 is 0 Å². The fraction of sp³-hybridized carbons (Fsp3) is 0.889. The van der Waals surface area contributed by atoms with Gasteiger partial charge in [0.25, 0.3) is 0 Å². The van der Waals surface area contributed by atoms with Gasteiger partial charge < -0.3 is 10.5 Å². The van der Waals surface area contributed by atoms with Crippen LogP contribution in [0.15, 0.2) is 0 Å². The predicted octanol–water partition coefficient (Wildman–Crippen LogP) is 4.50. The summed E-state index contributed by atoms with van der Waals surface area (Å²) in [4.78, 5) is 21.7. The molecule has 4 heteroatoms. The van der Waals surface area contributed by atoms with E-state index in [1.165, 1.54) is 64.2 Å². The van der Waals surface area contributed by atoms with Gasteiger partial charge in [-0.25, -0.2) is 0 Å². The van der Waals surface area contributed by atoms with E-state index in [1.807, 2.05) is 0 Å². The lowest BCUT2D eigenvalue weighted by molar-refractivity contribution is -0.144. The largest absolute Gasteiger partial charge is 0.466 e. The summed E-state index contributed by atoms with van der Waals surface area (Å²) >= 11 is 0. The molecule has 4 nitrogen and oxygen atoms in total. The van der Waals surface area contributed by atoms with Crippen LogP contribution in [0, 0.1) is 0 Å². The lowest BCUT2D eigenvalue weighted by Crippen LogP contribution is -2.14. The minimum absolute atomic E-state index is 0.0806. The summed E-state index contributed by atoms with van der Waals surface area (Å²) in [7, 11) is 0. The molecule has 0 bridgehead atoms. The van der Waals surface area contributed by atoms with Gasteiger partial charge in [0.1, 0.15) is 0 Å². The first-order chi connectivity index (χ1) is 10.7. The van der Waals surface area contributed by atoms with Crippen LogP contribution in [-0.2, 0) is 14.3 Å². The van der Waals surface area contributed by atoms with E-state index in [0.717, 1.165) is 12.8 Å². The van der Waals surface area contributed by atoms with Crippen LogP contribution in [0.25, 0.3) is 0 Å². The van der Waals surface area contributed by atoms with Crippen molar-refractivity contribution in [1.82, 2.24) is 0 Å². The summed E-state index contributed by atoms with van der Waals surface area (Å²) in [5.74, 6) is -0.774. The van der Waals surface area contributed by atoms with Crippen LogP contribution in [0.1, 0.15) is 96.8 Å². The highest BCUT2D eigenvalue weighted by Crippen LogP contribution is 2.11. The maximum Gasteiger partial charge on any atom is 0.306 e. The standard InChI is InChI=1S/C18H35NO3/c1-2-3-4-5-6-7-8-9-10-11-12-13-16-22-18(21)15-14-17(19)20/h2-16H2,1H3,(H2,19,20). The Balaban J connectivity index is 3.11. The average molecular weight is 313 g/mol. The van der Waals surface area contributed by atoms with Crippen LogP contribution in [-0.4, -0.2) is 18.5 Å². The summed E-state index contributed by atoms with van der Waals surface area (Å²) in [6, 6.07) is 0. The summed E-state index contributed by atoms with van der Waals surface area (Å²) in [5.41, 5.74) is 4.97. The second-order valence-corrected chi connectivity index (χ2v) is 6.08. The first-order valence-corrected chi connectivity index (χ1v) is 9.10. The molecule has 1 amide bonds. The van der Waals surface area contributed by atoms with Crippen LogP contribution in [0.4, 0.5) is 0 Å². The summed E-state index contributed by atoms with van der Waals surface area (Å²) in [6.07, 6.45) is 15.7. The highest BCUT2D eigenvalue weighted by molar-refractivity contribution is 5.79. The number of amides is 1. The van der Waals surface area contributed by atoms with Gasteiger partial charge in [-0.05, 0) is 6.42 Å². The monoisotopic (exact) mass is 313 g/mol. The highest BCUT2D eigenvalue weighted by Gasteiger charge is 2.04. The molecule has 2 N–H and O–H groups in total. The number of primary amides is 1. The highest BCUT2D eigenvalue weighted by atomic mass is 16.5. The quantitative estimate of drug-likeness (QED) is 0.337. The van der Waals surface area contributed by atoms with E-state index in [4.69, 9.17) is 10.5 Å². The van der Waals surface area contributed by atoms with Gasteiger partial charge in [0.2, 0.25) is 5.91 Å². The molecular formula is C18H35NO3. The summed E-state index contributed by atoms with van der Waals surface area (Å²) < 4.78 is 5.04. The van der Waals surface area contributed by atoms with Gasteiger partial charge in [-0.15, -0.1) is 0 Å². The van der Waals surface area contributed by atoms with Gasteiger partial charge in [-0.2, -0.15) is 0 Å². The zero-order valence-electron chi connectivity index (χ0n) is 14.4. The van der Waals surface area contributed by atoms with Gasteiger partial charge in [0.05, 0.1) is 13.0 Å². The number of esters is 1. The molecule has 0 saturated heterocycles. The predicted molar refractivity (Wildman–Crippen MR) is 90.5 cm³/mol. The van der Waals surface area contributed by atoms with Crippen molar-refractivity contribution in [2.24, 2.45) is 5.73 Å². The lowest BCUT2D eigenvalue weighted by Gasteiger charge is -2.04. The van der Waals surface area contributed by atoms with Crippen molar-refractivity contribution >= 4 is 11.9 Å². The Morgan fingerprint density at radius 1 is 0.727 bits per heavy atom. The van der Waals surface area contributed by atoms with Crippen molar-refractivity contribution in [3.63, 3.8) is 0 Å². The molecule has 0 aliphatic carbocycles. The number of unbranched alkanes of at least 4 members (excludes halogenated alkanes) is 11. The van der Waals surface area contributed by atoms with Crippen LogP contribution in [0.3, 0.4) is 0 Å². The molecule has 0 rings (SSSR count). The third-order valence-corrected chi connectivity index (χ3v) is 3.84. The maximum absolute atomic E-state index is 11.2. The fourth-order valence-corrected chi connectivity index (χ4v) is 2.43. The molecule has 0 saturated carbocycles. The van der Waals surface area contributed by atoms with Gasteiger partial charge in [0, 0.05) is 6.42 Å². The van der Waals surface area contributed by atoms with Crippen molar-refractivity contribution in [2.75, 3.05) is 6.61 Å². The molecule has 0 fully saturated rings. The minimum atomic E-state index is -0.456. The Hall–Kier alpha value is -1.06.